The number of benzene rings is 2. The smallest absolute Gasteiger partial charge is 0.231 e. The predicted octanol–water partition coefficient (Wildman–Crippen LogP) is 4.74. The molecule has 0 unspecified atom stereocenters. The Hall–Kier alpha value is -2.75. The van der Waals surface area contributed by atoms with Crippen LogP contribution in [-0.4, -0.2) is 25.6 Å². The molecule has 0 atom stereocenters. The molecule has 0 aliphatic rings. The van der Waals surface area contributed by atoms with Gasteiger partial charge >= 0.3 is 0 Å². The zero-order valence-corrected chi connectivity index (χ0v) is 15.0. The summed E-state index contributed by atoms with van der Waals surface area (Å²) in [4.78, 5) is 13.1. The highest BCUT2D eigenvalue weighted by molar-refractivity contribution is 6.12. The largest absolute Gasteiger partial charge is 0.490 e. The first-order chi connectivity index (χ1) is 12.2. The van der Waals surface area contributed by atoms with Crippen molar-refractivity contribution in [3.63, 3.8) is 0 Å². The molecule has 2 aromatic carbocycles. The summed E-state index contributed by atoms with van der Waals surface area (Å²) >= 11 is 0. The van der Waals surface area contributed by atoms with Gasteiger partial charge in [-0.15, -0.1) is 0 Å². The molecule has 4 nitrogen and oxygen atoms in total. The predicted molar refractivity (Wildman–Crippen MR) is 99.2 cm³/mol. The van der Waals surface area contributed by atoms with E-state index in [0.29, 0.717) is 36.9 Å². The van der Waals surface area contributed by atoms with Gasteiger partial charge in [0.15, 0.2) is 17.3 Å². The minimum atomic E-state index is -0.226. The van der Waals surface area contributed by atoms with Crippen LogP contribution in [0.15, 0.2) is 54.3 Å². The van der Waals surface area contributed by atoms with E-state index in [1.807, 2.05) is 51.1 Å². The van der Waals surface area contributed by atoms with Crippen LogP contribution in [-0.2, 0) is 4.74 Å². The highest BCUT2D eigenvalue weighted by Crippen LogP contribution is 2.33. The Kier molecular flexibility index (Phi) is 7.08. The summed E-state index contributed by atoms with van der Waals surface area (Å²) in [5.41, 5.74) is 1.33. The lowest BCUT2D eigenvalue weighted by Gasteiger charge is -2.15. The van der Waals surface area contributed by atoms with Crippen LogP contribution in [0.2, 0.25) is 0 Å². The van der Waals surface area contributed by atoms with Crippen LogP contribution < -0.4 is 9.47 Å². The van der Waals surface area contributed by atoms with Crippen molar-refractivity contribution in [1.29, 1.82) is 0 Å². The molecule has 0 aliphatic carbocycles. The van der Waals surface area contributed by atoms with Crippen LogP contribution in [0, 0.1) is 0 Å². The molecule has 0 heterocycles. The second-order valence-corrected chi connectivity index (χ2v) is 5.18. The molecular weight excluding hydrogens is 316 g/mol. The van der Waals surface area contributed by atoms with Crippen molar-refractivity contribution in [2.75, 3.05) is 19.8 Å². The SMILES string of the molecule is CCOC(=Cc1ccccc1)C(=O)c1cccc(OCC)c1OCC. The molecule has 0 saturated carbocycles. The van der Waals surface area contributed by atoms with Crippen LogP contribution in [0.3, 0.4) is 0 Å². The average Bonchev–Trinajstić information content (AvgIpc) is 2.63. The van der Waals surface area contributed by atoms with Crippen molar-refractivity contribution in [3.05, 3.63) is 65.4 Å². The first-order valence-electron chi connectivity index (χ1n) is 8.54. The lowest BCUT2D eigenvalue weighted by molar-refractivity contribution is 0.0927. The van der Waals surface area contributed by atoms with Crippen LogP contribution in [0.4, 0.5) is 0 Å². The molecule has 132 valence electrons. The van der Waals surface area contributed by atoms with E-state index in [4.69, 9.17) is 14.2 Å². The summed E-state index contributed by atoms with van der Waals surface area (Å²) in [5.74, 6) is 1.07. The van der Waals surface area contributed by atoms with Gasteiger partial charge in [-0.2, -0.15) is 0 Å². The number of hydrogen-bond acceptors (Lipinski definition) is 4. The highest BCUT2D eigenvalue weighted by Gasteiger charge is 2.21. The van der Waals surface area contributed by atoms with Crippen LogP contribution in [0.25, 0.3) is 6.08 Å². The van der Waals surface area contributed by atoms with E-state index in [2.05, 4.69) is 0 Å². The summed E-state index contributed by atoms with van der Waals surface area (Å²) in [6.45, 7) is 6.96. The van der Waals surface area contributed by atoms with E-state index >= 15 is 0 Å². The Labute approximate surface area is 149 Å². The van der Waals surface area contributed by atoms with E-state index in [1.54, 1.807) is 24.3 Å². The second kappa shape index (κ2) is 9.52. The molecule has 0 aromatic heterocycles. The number of carbonyl (C=O) groups is 1. The zero-order chi connectivity index (χ0) is 18.1. The maximum Gasteiger partial charge on any atom is 0.231 e. The molecule has 0 saturated heterocycles. The van der Waals surface area contributed by atoms with Crippen molar-refractivity contribution in [2.45, 2.75) is 20.8 Å². The summed E-state index contributed by atoms with van der Waals surface area (Å²) in [6.07, 6.45) is 1.74. The Balaban J connectivity index is 2.45. The number of rotatable bonds is 9. The van der Waals surface area contributed by atoms with Gasteiger partial charge in [-0.3, -0.25) is 4.79 Å². The molecule has 0 bridgehead atoms. The number of para-hydroxylation sites is 1. The van der Waals surface area contributed by atoms with Crippen molar-refractivity contribution in [2.24, 2.45) is 0 Å². The first-order valence-corrected chi connectivity index (χ1v) is 8.54. The number of allylic oxidation sites excluding steroid dienone is 1. The van der Waals surface area contributed by atoms with Crippen LogP contribution in [0.1, 0.15) is 36.7 Å². The third kappa shape index (κ3) is 4.86. The summed E-state index contributed by atoms with van der Waals surface area (Å²) in [5, 5.41) is 0. The summed E-state index contributed by atoms with van der Waals surface area (Å²) in [6, 6.07) is 14.9. The van der Waals surface area contributed by atoms with Crippen LogP contribution >= 0.6 is 0 Å². The average molecular weight is 340 g/mol. The summed E-state index contributed by atoms with van der Waals surface area (Å²) in [7, 11) is 0. The molecule has 0 spiro atoms. The molecule has 2 rings (SSSR count). The fourth-order valence-corrected chi connectivity index (χ4v) is 2.42. The number of ether oxygens (including phenoxy) is 3. The zero-order valence-electron chi connectivity index (χ0n) is 15.0. The van der Waals surface area contributed by atoms with Gasteiger partial charge in [0, 0.05) is 0 Å². The van der Waals surface area contributed by atoms with Crippen molar-refractivity contribution < 1.29 is 19.0 Å². The fraction of sp³-hybridized carbons (Fsp3) is 0.286. The maximum atomic E-state index is 13.1. The van der Waals surface area contributed by atoms with E-state index in [0.717, 1.165) is 5.56 Å². The van der Waals surface area contributed by atoms with Gasteiger partial charge in [-0.05, 0) is 44.5 Å². The Morgan fingerprint density at radius 3 is 2.24 bits per heavy atom. The molecule has 25 heavy (non-hydrogen) atoms. The monoisotopic (exact) mass is 340 g/mol. The molecule has 0 N–H and O–H groups in total. The Morgan fingerprint density at radius 1 is 0.880 bits per heavy atom. The molecule has 0 aliphatic heterocycles. The number of carbonyl (C=O) groups excluding carboxylic acids is 1. The van der Waals surface area contributed by atoms with Gasteiger partial charge in [-0.1, -0.05) is 36.4 Å². The minimum absolute atomic E-state index is 0.226. The molecule has 0 radical (unpaired) electrons. The minimum Gasteiger partial charge on any atom is -0.490 e. The highest BCUT2D eigenvalue weighted by atomic mass is 16.5. The van der Waals surface area contributed by atoms with E-state index in [9.17, 15) is 4.79 Å². The van der Waals surface area contributed by atoms with Gasteiger partial charge in [0.2, 0.25) is 5.78 Å². The number of hydrogen-bond donors (Lipinski definition) is 0. The van der Waals surface area contributed by atoms with E-state index in [1.165, 1.54) is 0 Å². The lowest BCUT2D eigenvalue weighted by atomic mass is 10.1. The second-order valence-electron chi connectivity index (χ2n) is 5.18. The fourth-order valence-electron chi connectivity index (χ4n) is 2.42. The van der Waals surface area contributed by atoms with Crippen molar-refractivity contribution in [3.8, 4) is 11.5 Å². The molecule has 0 amide bonds. The third-order valence-electron chi connectivity index (χ3n) is 3.43. The number of ketones is 1. The Bertz CT molecular complexity index is 720. The van der Waals surface area contributed by atoms with Crippen molar-refractivity contribution in [1.82, 2.24) is 0 Å². The first kappa shape index (κ1) is 18.6. The Morgan fingerprint density at radius 2 is 1.60 bits per heavy atom. The van der Waals surface area contributed by atoms with Gasteiger partial charge in [0.1, 0.15) is 0 Å². The van der Waals surface area contributed by atoms with Gasteiger partial charge in [0.25, 0.3) is 0 Å². The normalized spacial score (nSPS) is 11.1. The lowest BCUT2D eigenvalue weighted by Crippen LogP contribution is -2.11. The van der Waals surface area contributed by atoms with Gasteiger partial charge in [0.05, 0.1) is 25.4 Å². The molecule has 4 heteroatoms. The van der Waals surface area contributed by atoms with E-state index < -0.39 is 0 Å². The molecule has 0 fully saturated rings. The standard InChI is InChI=1S/C21H24O4/c1-4-23-18-14-10-13-17(21(18)25-6-3)20(22)19(24-5-2)15-16-11-8-7-9-12-16/h7-15H,4-6H2,1-3H3. The van der Waals surface area contributed by atoms with Crippen LogP contribution in [0.5, 0.6) is 11.5 Å². The quantitative estimate of drug-likeness (QED) is 0.375. The third-order valence-corrected chi connectivity index (χ3v) is 3.43. The molecular formula is C21H24O4. The number of Topliss-reactive ketones (excluding diaryl/α,β-unsaturated/α-hetero) is 1. The van der Waals surface area contributed by atoms with E-state index in [-0.39, 0.29) is 11.5 Å². The van der Waals surface area contributed by atoms with Gasteiger partial charge < -0.3 is 14.2 Å². The van der Waals surface area contributed by atoms with Crippen molar-refractivity contribution >= 4 is 11.9 Å². The van der Waals surface area contributed by atoms with Gasteiger partial charge in [-0.25, -0.2) is 0 Å². The molecule has 2 aromatic rings. The topological polar surface area (TPSA) is 44.8 Å². The summed E-state index contributed by atoms with van der Waals surface area (Å²) < 4.78 is 16.9. The maximum absolute atomic E-state index is 13.1.